The van der Waals surface area contributed by atoms with Crippen LogP contribution in [-0.2, 0) is 27.6 Å². The van der Waals surface area contributed by atoms with E-state index in [-0.39, 0.29) is 23.2 Å². The van der Waals surface area contributed by atoms with Crippen molar-refractivity contribution in [3.63, 3.8) is 0 Å². The van der Waals surface area contributed by atoms with Crippen molar-refractivity contribution in [2.45, 2.75) is 50.8 Å². The quantitative estimate of drug-likeness (QED) is 0.442. The van der Waals surface area contributed by atoms with Crippen molar-refractivity contribution in [3.8, 4) is 0 Å². The molecule has 2 aliphatic rings. The second kappa shape index (κ2) is 9.95. The summed E-state index contributed by atoms with van der Waals surface area (Å²) in [5.74, 6) is 0.0143. The number of rotatable bonds is 8. The summed E-state index contributed by atoms with van der Waals surface area (Å²) < 4.78 is 32.5. The van der Waals surface area contributed by atoms with Crippen LogP contribution >= 0.6 is 11.3 Å². The van der Waals surface area contributed by atoms with Crippen molar-refractivity contribution in [2.24, 2.45) is 5.92 Å². The first-order chi connectivity index (χ1) is 15.8. The maximum absolute atomic E-state index is 12.9. The van der Waals surface area contributed by atoms with Crippen molar-refractivity contribution in [3.05, 3.63) is 45.8 Å². The summed E-state index contributed by atoms with van der Waals surface area (Å²) in [4.78, 5) is 26.6. The number of anilines is 1. The molecule has 1 aliphatic heterocycles. The highest BCUT2D eigenvalue weighted by Crippen LogP contribution is 2.39. The van der Waals surface area contributed by atoms with Crippen molar-refractivity contribution >= 4 is 38.1 Å². The van der Waals surface area contributed by atoms with Gasteiger partial charge in [-0.1, -0.05) is 6.92 Å². The number of carbonyl (C=O) groups is 2. The summed E-state index contributed by atoms with van der Waals surface area (Å²) in [6.45, 7) is 5.29. The number of nitrogens with zero attached hydrogens (tertiary/aromatic N) is 1. The Hall–Kier alpha value is -2.23. The molecule has 2 aromatic rings. The minimum absolute atomic E-state index is 0.0158. The number of esters is 1. The third kappa shape index (κ3) is 5.00. The lowest BCUT2D eigenvalue weighted by Crippen LogP contribution is -2.37. The number of fused-ring (bicyclic) bond motifs is 1. The van der Waals surface area contributed by atoms with Gasteiger partial charge in [0.05, 0.1) is 23.6 Å². The number of thiophene rings is 1. The molecular formula is C24H30N2O5S2. The van der Waals surface area contributed by atoms with Gasteiger partial charge in [0.15, 0.2) is 5.78 Å². The second-order valence-electron chi connectivity index (χ2n) is 8.67. The van der Waals surface area contributed by atoms with Crippen molar-refractivity contribution in [2.75, 3.05) is 31.6 Å². The molecule has 2 heterocycles. The third-order valence-corrected chi connectivity index (χ3v) is 9.53. The SMILES string of the molecule is CCOC(=O)c1c(NCC(=O)c2ccc(S(=O)(=O)N3CCC(C)CC3)cc2)sc2c1CCC2. The predicted molar refractivity (Wildman–Crippen MR) is 129 cm³/mol. The zero-order valence-corrected chi connectivity index (χ0v) is 20.7. The molecule has 0 bridgehead atoms. The fourth-order valence-electron chi connectivity index (χ4n) is 4.40. The highest BCUT2D eigenvalue weighted by atomic mass is 32.2. The lowest BCUT2D eigenvalue weighted by molar-refractivity contribution is 0.0526. The van der Waals surface area contributed by atoms with Crippen LogP contribution in [0.25, 0.3) is 0 Å². The van der Waals surface area contributed by atoms with Crippen LogP contribution in [0, 0.1) is 5.92 Å². The smallest absolute Gasteiger partial charge is 0.341 e. The van der Waals surface area contributed by atoms with Gasteiger partial charge in [0.1, 0.15) is 5.00 Å². The molecule has 178 valence electrons. The van der Waals surface area contributed by atoms with Crippen LogP contribution in [0.5, 0.6) is 0 Å². The Kier molecular flexibility index (Phi) is 7.21. The summed E-state index contributed by atoms with van der Waals surface area (Å²) in [7, 11) is -3.55. The van der Waals surface area contributed by atoms with Crippen molar-refractivity contribution in [1.29, 1.82) is 0 Å². The molecule has 4 rings (SSSR count). The van der Waals surface area contributed by atoms with Crippen LogP contribution in [0.4, 0.5) is 5.00 Å². The average molecular weight is 491 g/mol. The number of Topliss-reactive ketones (excluding diaryl/α,β-unsaturated/α-hetero) is 1. The van der Waals surface area contributed by atoms with Crippen molar-refractivity contribution in [1.82, 2.24) is 4.31 Å². The molecule has 1 aromatic heterocycles. The number of nitrogens with one attached hydrogen (secondary N) is 1. The van der Waals surface area contributed by atoms with E-state index in [0.29, 0.717) is 41.7 Å². The van der Waals surface area contributed by atoms with Crippen LogP contribution < -0.4 is 5.32 Å². The molecular weight excluding hydrogens is 460 g/mol. The molecule has 0 unspecified atom stereocenters. The molecule has 1 aliphatic carbocycles. The number of sulfonamides is 1. The maximum atomic E-state index is 12.9. The highest BCUT2D eigenvalue weighted by molar-refractivity contribution is 7.89. The van der Waals surface area contributed by atoms with Crippen LogP contribution in [0.2, 0.25) is 0 Å². The summed E-state index contributed by atoms with van der Waals surface area (Å²) in [6.07, 6.45) is 4.54. The number of ether oxygens (including phenoxy) is 1. The average Bonchev–Trinajstić information content (AvgIpc) is 3.39. The Balaban J connectivity index is 1.43. The molecule has 1 aromatic carbocycles. The molecule has 0 radical (unpaired) electrons. The maximum Gasteiger partial charge on any atom is 0.341 e. The zero-order chi connectivity index (χ0) is 23.6. The molecule has 1 fully saturated rings. The number of aryl methyl sites for hydroxylation is 1. The molecule has 1 N–H and O–H groups in total. The Morgan fingerprint density at radius 3 is 2.52 bits per heavy atom. The third-order valence-electron chi connectivity index (χ3n) is 6.37. The lowest BCUT2D eigenvalue weighted by atomic mass is 10.0. The highest BCUT2D eigenvalue weighted by Gasteiger charge is 2.29. The zero-order valence-electron chi connectivity index (χ0n) is 19.1. The number of carbonyl (C=O) groups excluding carboxylic acids is 2. The first-order valence-corrected chi connectivity index (χ1v) is 13.8. The van der Waals surface area contributed by atoms with E-state index >= 15 is 0 Å². The number of hydrogen-bond acceptors (Lipinski definition) is 7. The summed E-state index contributed by atoms with van der Waals surface area (Å²) in [5.41, 5.74) is 2.02. The largest absolute Gasteiger partial charge is 0.462 e. The monoisotopic (exact) mass is 490 g/mol. The summed E-state index contributed by atoms with van der Waals surface area (Å²) in [5, 5.41) is 3.79. The molecule has 1 saturated heterocycles. The van der Waals surface area contributed by atoms with Gasteiger partial charge in [-0.05, 0) is 74.8 Å². The first kappa shape index (κ1) is 23.9. The number of ketones is 1. The van der Waals surface area contributed by atoms with Gasteiger partial charge < -0.3 is 10.1 Å². The van der Waals surface area contributed by atoms with Gasteiger partial charge in [-0.15, -0.1) is 11.3 Å². The Bertz CT molecular complexity index is 1130. The van der Waals surface area contributed by atoms with E-state index in [0.717, 1.165) is 37.7 Å². The van der Waals surface area contributed by atoms with Gasteiger partial charge >= 0.3 is 5.97 Å². The fraction of sp³-hybridized carbons (Fsp3) is 0.500. The normalized spacial score (nSPS) is 17.0. The molecule has 0 amide bonds. The van der Waals surface area contributed by atoms with Gasteiger partial charge in [0.25, 0.3) is 0 Å². The molecule has 0 atom stereocenters. The fourth-order valence-corrected chi connectivity index (χ4v) is 7.14. The van der Waals surface area contributed by atoms with E-state index in [1.807, 2.05) is 0 Å². The molecule has 33 heavy (non-hydrogen) atoms. The van der Waals surface area contributed by atoms with E-state index in [9.17, 15) is 18.0 Å². The van der Waals surface area contributed by atoms with E-state index < -0.39 is 10.0 Å². The predicted octanol–water partition coefficient (Wildman–Crippen LogP) is 4.13. The standard InChI is InChI=1S/C24H30N2O5S2/c1-3-31-24(28)22-19-5-4-6-21(19)32-23(22)25-15-20(27)17-7-9-18(10-8-17)33(29,30)26-13-11-16(2)12-14-26/h7-10,16,25H,3-6,11-15H2,1-2H3. The minimum atomic E-state index is -3.55. The van der Waals surface area contributed by atoms with Crippen LogP contribution in [0.3, 0.4) is 0 Å². The van der Waals surface area contributed by atoms with Gasteiger partial charge in [0, 0.05) is 23.5 Å². The van der Waals surface area contributed by atoms with Gasteiger partial charge in [-0.2, -0.15) is 4.31 Å². The number of piperidine rings is 1. The van der Waals surface area contributed by atoms with E-state index in [4.69, 9.17) is 4.74 Å². The molecule has 9 heteroatoms. The Morgan fingerprint density at radius 1 is 1.15 bits per heavy atom. The molecule has 0 saturated carbocycles. The Labute approximate surface area is 199 Å². The minimum Gasteiger partial charge on any atom is -0.462 e. The van der Waals surface area contributed by atoms with Gasteiger partial charge in [-0.3, -0.25) is 4.79 Å². The topological polar surface area (TPSA) is 92.8 Å². The van der Waals surface area contributed by atoms with E-state index in [2.05, 4.69) is 12.2 Å². The number of hydrogen-bond donors (Lipinski definition) is 1. The van der Waals surface area contributed by atoms with E-state index in [1.165, 1.54) is 32.7 Å². The van der Waals surface area contributed by atoms with E-state index in [1.54, 1.807) is 19.1 Å². The number of benzene rings is 1. The van der Waals surface area contributed by atoms with Gasteiger partial charge in [0.2, 0.25) is 10.0 Å². The first-order valence-electron chi connectivity index (χ1n) is 11.5. The Morgan fingerprint density at radius 2 is 1.85 bits per heavy atom. The van der Waals surface area contributed by atoms with Crippen LogP contribution in [0.15, 0.2) is 29.2 Å². The van der Waals surface area contributed by atoms with Crippen LogP contribution in [-0.4, -0.2) is 50.7 Å². The van der Waals surface area contributed by atoms with Crippen LogP contribution in [0.1, 0.15) is 64.3 Å². The molecule has 7 nitrogen and oxygen atoms in total. The lowest BCUT2D eigenvalue weighted by Gasteiger charge is -2.29. The summed E-state index contributed by atoms with van der Waals surface area (Å²) in [6, 6.07) is 6.13. The molecule has 0 spiro atoms. The van der Waals surface area contributed by atoms with Gasteiger partial charge in [-0.25, -0.2) is 13.2 Å². The second-order valence-corrected chi connectivity index (χ2v) is 11.7. The summed E-state index contributed by atoms with van der Waals surface area (Å²) >= 11 is 1.51. The van der Waals surface area contributed by atoms with Crippen molar-refractivity contribution < 1.29 is 22.7 Å².